The smallest absolute Gasteiger partial charge is 0.337 e. The van der Waals surface area contributed by atoms with Crippen LogP contribution >= 0.6 is 15.9 Å². The molecule has 19 heavy (non-hydrogen) atoms. The van der Waals surface area contributed by atoms with Gasteiger partial charge in [0.2, 0.25) is 0 Å². The summed E-state index contributed by atoms with van der Waals surface area (Å²) in [5.74, 6) is 0.387. The molecule has 1 aromatic heterocycles. The second kappa shape index (κ2) is 5.84. The van der Waals surface area contributed by atoms with E-state index in [-0.39, 0.29) is 5.97 Å². The summed E-state index contributed by atoms with van der Waals surface area (Å²) in [4.78, 5) is 15.6. The van der Waals surface area contributed by atoms with Crippen LogP contribution in [0.3, 0.4) is 0 Å². The van der Waals surface area contributed by atoms with Crippen LogP contribution in [0.1, 0.15) is 15.9 Å². The standard InChI is InChI=1S/C14H13BrN2O2/c1-9-7-12(15)13(16-8-9)17-11-5-3-10(4-6-11)14(18)19-2/h3-8H,1-2H3,(H,16,17). The Morgan fingerprint density at radius 3 is 2.58 bits per heavy atom. The third kappa shape index (κ3) is 3.32. The Morgan fingerprint density at radius 1 is 1.32 bits per heavy atom. The number of anilines is 2. The van der Waals surface area contributed by atoms with Gasteiger partial charge in [-0.3, -0.25) is 0 Å². The maximum Gasteiger partial charge on any atom is 0.337 e. The van der Waals surface area contributed by atoms with Gasteiger partial charge in [0.05, 0.1) is 17.1 Å². The van der Waals surface area contributed by atoms with E-state index in [0.717, 1.165) is 21.5 Å². The first-order chi connectivity index (χ1) is 9.10. The van der Waals surface area contributed by atoms with E-state index in [0.29, 0.717) is 5.56 Å². The summed E-state index contributed by atoms with van der Waals surface area (Å²) in [6.45, 7) is 1.98. The van der Waals surface area contributed by atoms with Crippen molar-refractivity contribution >= 4 is 33.4 Å². The lowest BCUT2D eigenvalue weighted by atomic mass is 10.2. The zero-order valence-corrected chi connectivity index (χ0v) is 12.2. The van der Waals surface area contributed by atoms with Gasteiger partial charge in [-0.25, -0.2) is 9.78 Å². The largest absolute Gasteiger partial charge is 0.465 e. The van der Waals surface area contributed by atoms with Gasteiger partial charge in [-0.2, -0.15) is 0 Å². The third-order valence-corrected chi connectivity index (χ3v) is 3.15. The van der Waals surface area contributed by atoms with Gasteiger partial charge < -0.3 is 10.1 Å². The van der Waals surface area contributed by atoms with Crippen molar-refractivity contribution in [1.82, 2.24) is 4.98 Å². The van der Waals surface area contributed by atoms with Crippen LogP contribution < -0.4 is 5.32 Å². The minimum absolute atomic E-state index is 0.346. The second-order valence-electron chi connectivity index (χ2n) is 4.04. The number of rotatable bonds is 3. The van der Waals surface area contributed by atoms with Crippen LogP contribution in [0.4, 0.5) is 11.5 Å². The number of methoxy groups -OCH3 is 1. The molecule has 0 aliphatic rings. The Labute approximate surface area is 119 Å². The van der Waals surface area contributed by atoms with Crippen LogP contribution in [0.2, 0.25) is 0 Å². The molecule has 1 aromatic carbocycles. The number of benzene rings is 1. The summed E-state index contributed by atoms with van der Waals surface area (Å²) >= 11 is 3.45. The van der Waals surface area contributed by atoms with E-state index in [1.807, 2.05) is 13.0 Å². The minimum Gasteiger partial charge on any atom is -0.465 e. The van der Waals surface area contributed by atoms with Crippen molar-refractivity contribution in [2.45, 2.75) is 6.92 Å². The topological polar surface area (TPSA) is 51.2 Å². The van der Waals surface area contributed by atoms with Gasteiger partial charge in [-0.1, -0.05) is 0 Å². The van der Waals surface area contributed by atoms with E-state index in [1.54, 1.807) is 30.5 Å². The summed E-state index contributed by atoms with van der Waals surface area (Å²) in [5.41, 5.74) is 2.45. The minimum atomic E-state index is -0.346. The van der Waals surface area contributed by atoms with E-state index in [2.05, 4.69) is 31.0 Å². The van der Waals surface area contributed by atoms with Crippen LogP contribution in [0.15, 0.2) is 41.0 Å². The van der Waals surface area contributed by atoms with Crippen LogP contribution in [0.25, 0.3) is 0 Å². The van der Waals surface area contributed by atoms with Crippen LogP contribution in [-0.2, 0) is 4.74 Å². The molecule has 0 amide bonds. The number of pyridine rings is 1. The molecule has 0 fully saturated rings. The summed E-state index contributed by atoms with van der Waals surface area (Å²) in [7, 11) is 1.36. The summed E-state index contributed by atoms with van der Waals surface area (Å²) in [6.07, 6.45) is 1.79. The van der Waals surface area contributed by atoms with Crippen molar-refractivity contribution in [3.63, 3.8) is 0 Å². The van der Waals surface area contributed by atoms with Gasteiger partial charge in [-0.05, 0) is 58.7 Å². The fraction of sp³-hybridized carbons (Fsp3) is 0.143. The van der Waals surface area contributed by atoms with Crippen molar-refractivity contribution in [2.24, 2.45) is 0 Å². The fourth-order valence-corrected chi connectivity index (χ4v) is 2.13. The molecule has 2 rings (SSSR count). The number of aryl methyl sites for hydroxylation is 1. The molecular weight excluding hydrogens is 308 g/mol. The highest BCUT2D eigenvalue weighted by molar-refractivity contribution is 9.10. The average Bonchev–Trinajstić information content (AvgIpc) is 2.42. The van der Waals surface area contributed by atoms with Crippen LogP contribution in [0.5, 0.6) is 0 Å². The van der Waals surface area contributed by atoms with Crippen LogP contribution in [0, 0.1) is 6.92 Å². The number of nitrogens with zero attached hydrogens (tertiary/aromatic N) is 1. The number of hydrogen-bond acceptors (Lipinski definition) is 4. The molecular formula is C14H13BrN2O2. The maximum atomic E-state index is 11.3. The van der Waals surface area contributed by atoms with Gasteiger partial charge in [0.1, 0.15) is 5.82 Å². The molecule has 4 nitrogen and oxygen atoms in total. The summed E-state index contributed by atoms with van der Waals surface area (Å²) in [6, 6.07) is 9.01. The molecule has 0 saturated carbocycles. The van der Waals surface area contributed by atoms with Gasteiger partial charge >= 0.3 is 5.97 Å². The number of carbonyl (C=O) groups excluding carboxylic acids is 1. The molecule has 2 aromatic rings. The maximum absolute atomic E-state index is 11.3. The second-order valence-corrected chi connectivity index (χ2v) is 4.89. The number of carbonyl (C=O) groups is 1. The molecule has 0 unspecified atom stereocenters. The molecule has 0 atom stereocenters. The lowest BCUT2D eigenvalue weighted by Gasteiger charge is -2.08. The number of halogens is 1. The first kappa shape index (κ1) is 13.5. The quantitative estimate of drug-likeness (QED) is 0.876. The van der Waals surface area contributed by atoms with E-state index in [1.165, 1.54) is 7.11 Å². The number of esters is 1. The number of aromatic nitrogens is 1. The normalized spacial score (nSPS) is 10.1. The average molecular weight is 321 g/mol. The Bertz CT molecular complexity index is 597. The Hall–Kier alpha value is -1.88. The predicted octanol–water partition coefficient (Wildman–Crippen LogP) is 3.68. The van der Waals surface area contributed by atoms with Gasteiger partial charge in [0.25, 0.3) is 0 Å². The fourth-order valence-electron chi connectivity index (χ4n) is 1.57. The zero-order valence-electron chi connectivity index (χ0n) is 10.6. The molecule has 0 aliphatic heterocycles. The van der Waals surface area contributed by atoms with Crippen LogP contribution in [-0.4, -0.2) is 18.1 Å². The Kier molecular flexibility index (Phi) is 4.16. The van der Waals surface area contributed by atoms with Gasteiger partial charge in [0.15, 0.2) is 0 Å². The molecule has 0 spiro atoms. The molecule has 5 heteroatoms. The van der Waals surface area contributed by atoms with Crippen molar-refractivity contribution in [2.75, 3.05) is 12.4 Å². The Morgan fingerprint density at radius 2 is 2.00 bits per heavy atom. The Balaban J connectivity index is 2.17. The third-order valence-electron chi connectivity index (χ3n) is 2.55. The van der Waals surface area contributed by atoms with Crippen molar-refractivity contribution in [3.8, 4) is 0 Å². The van der Waals surface area contributed by atoms with Crippen molar-refractivity contribution in [3.05, 3.63) is 52.1 Å². The van der Waals surface area contributed by atoms with E-state index < -0.39 is 0 Å². The summed E-state index contributed by atoms with van der Waals surface area (Å²) < 4.78 is 5.54. The van der Waals surface area contributed by atoms with Gasteiger partial charge in [0, 0.05) is 11.9 Å². The molecule has 98 valence electrons. The number of ether oxygens (including phenoxy) is 1. The van der Waals surface area contributed by atoms with E-state index >= 15 is 0 Å². The highest BCUT2D eigenvalue weighted by Crippen LogP contribution is 2.24. The first-order valence-electron chi connectivity index (χ1n) is 5.67. The first-order valence-corrected chi connectivity index (χ1v) is 6.47. The molecule has 1 heterocycles. The number of hydrogen-bond donors (Lipinski definition) is 1. The van der Waals surface area contributed by atoms with Crippen molar-refractivity contribution in [1.29, 1.82) is 0 Å². The molecule has 0 bridgehead atoms. The molecule has 0 saturated heterocycles. The zero-order chi connectivity index (χ0) is 13.8. The lowest BCUT2D eigenvalue weighted by molar-refractivity contribution is 0.0601. The predicted molar refractivity (Wildman–Crippen MR) is 77.7 cm³/mol. The summed E-state index contributed by atoms with van der Waals surface area (Å²) in [5, 5.41) is 3.17. The lowest BCUT2D eigenvalue weighted by Crippen LogP contribution is -2.01. The van der Waals surface area contributed by atoms with Gasteiger partial charge in [-0.15, -0.1) is 0 Å². The van der Waals surface area contributed by atoms with E-state index in [4.69, 9.17) is 0 Å². The highest BCUT2D eigenvalue weighted by atomic mass is 79.9. The SMILES string of the molecule is COC(=O)c1ccc(Nc2ncc(C)cc2Br)cc1. The number of nitrogens with one attached hydrogen (secondary N) is 1. The molecule has 1 N–H and O–H groups in total. The van der Waals surface area contributed by atoms with E-state index in [9.17, 15) is 4.79 Å². The molecule has 0 radical (unpaired) electrons. The van der Waals surface area contributed by atoms with Crippen molar-refractivity contribution < 1.29 is 9.53 Å². The monoisotopic (exact) mass is 320 g/mol. The highest BCUT2D eigenvalue weighted by Gasteiger charge is 2.06. The molecule has 0 aliphatic carbocycles.